The SMILES string of the molecule is O=C1NC(=O)N(c2ccc(Cl)cc2)C(=O)/C1=C/c1cc(Cl)c(OCc2ccc([N+](=O)[O-])cc2)c(Cl)c1. The van der Waals surface area contributed by atoms with Crippen molar-refractivity contribution in [1.29, 1.82) is 0 Å². The molecule has 1 aliphatic heterocycles. The first-order valence-electron chi connectivity index (χ1n) is 10.2. The predicted molar refractivity (Wildman–Crippen MR) is 134 cm³/mol. The Morgan fingerprint density at radius 2 is 1.56 bits per heavy atom. The Balaban J connectivity index is 1.57. The maximum Gasteiger partial charge on any atom is 0.335 e. The number of nitro benzene ring substituents is 1. The molecule has 4 rings (SSSR count). The van der Waals surface area contributed by atoms with Crippen molar-refractivity contribution in [3.63, 3.8) is 0 Å². The van der Waals surface area contributed by atoms with Crippen LogP contribution in [0.4, 0.5) is 16.2 Å². The van der Waals surface area contributed by atoms with Crippen molar-refractivity contribution < 1.29 is 24.0 Å². The minimum atomic E-state index is -0.893. The highest BCUT2D eigenvalue weighted by Crippen LogP contribution is 2.36. The normalized spacial score (nSPS) is 14.7. The molecule has 0 saturated carbocycles. The predicted octanol–water partition coefficient (Wildman–Crippen LogP) is 5.80. The summed E-state index contributed by atoms with van der Waals surface area (Å²) >= 11 is 18.5. The van der Waals surface area contributed by atoms with Gasteiger partial charge in [0.05, 0.1) is 20.7 Å². The first kappa shape index (κ1) is 25.2. The number of non-ortho nitro benzene ring substituents is 1. The molecule has 1 aliphatic rings. The van der Waals surface area contributed by atoms with E-state index in [9.17, 15) is 24.5 Å². The molecule has 36 heavy (non-hydrogen) atoms. The second kappa shape index (κ2) is 10.4. The van der Waals surface area contributed by atoms with Crippen LogP contribution in [0.2, 0.25) is 15.1 Å². The van der Waals surface area contributed by atoms with Gasteiger partial charge in [-0.05, 0) is 65.7 Å². The zero-order valence-electron chi connectivity index (χ0n) is 18.0. The number of nitro groups is 1. The first-order valence-corrected chi connectivity index (χ1v) is 11.3. The molecule has 182 valence electrons. The molecule has 3 aromatic rings. The Kier molecular flexibility index (Phi) is 7.25. The van der Waals surface area contributed by atoms with Crippen LogP contribution in [0.5, 0.6) is 5.75 Å². The minimum Gasteiger partial charge on any atom is -0.486 e. The van der Waals surface area contributed by atoms with Crippen LogP contribution in [0.1, 0.15) is 11.1 Å². The van der Waals surface area contributed by atoms with Crippen molar-refractivity contribution in [3.8, 4) is 5.75 Å². The number of urea groups is 1. The number of benzene rings is 3. The summed E-state index contributed by atoms with van der Waals surface area (Å²) in [6.45, 7) is 0.0386. The third-order valence-corrected chi connectivity index (χ3v) is 5.86. The molecule has 1 heterocycles. The van der Waals surface area contributed by atoms with E-state index in [1.165, 1.54) is 54.6 Å². The number of hydrogen-bond donors (Lipinski definition) is 1. The van der Waals surface area contributed by atoms with Crippen LogP contribution in [0, 0.1) is 10.1 Å². The smallest absolute Gasteiger partial charge is 0.335 e. The van der Waals surface area contributed by atoms with Crippen LogP contribution < -0.4 is 15.0 Å². The van der Waals surface area contributed by atoms with Gasteiger partial charge in [-0.3, -0.25) is 25.0 Å². The van der Waals surface area contributed by atoms with Gasteiger partial charge >= 0.3 is 6.03 Å². The number of carbonyl (C=O) groups excluding carboxylic acids is 3. The van der Waals surface area contributed by atoms with Gasteiger partial charge in [0.1, 0.15) is 12.2 Å². The molecule has 1 N–H and O–H groups in total. The Bertz CT molecular complexity index is 1400. The lowest BCUT2D eigenvalue weighted by Gasteiger charge is -2.26. The summed E-state index contributed by atoms with van der Waals surface area (Å²) in [6.07, 6.45) is 1.25. The van der Waals surface area contributed by atoms with Gasteiger partial charge in [-0.25, -0.2) is 9.69 Å². The van der Waals surface area contributed by atoms with Crippen LogP contribution in [0.15, 0.2) is 66.2 Å². The van der Waals surface area contributed by atoms with E-state index in [1.54, 1.807) is 12.1 Å². The molecule has 12 heteroatoms. The summed E-state index contributed by atoms with van der Waals surface area (Å²) in [5, 5.41) is 13.5. The molecule has 0 spiro atoms. The number of nitrogens with zero attached hydrogens (tertiary/aromatic N) is 2. The third kappa shape index (κ3) is 5.33. The molecule has 3 aromatic carbocycles. The Labute approximate surface area is 219 Å². The Hall–Kier alpha value is -3.92. The molecule has 0 atom stereocenters. The van der Waals surface area contributed by atoms with Gasteiger partial charge in [0.25, 0.3) is 17.5 Å². The van der Waals surface area contributed by atoms with Crippen LogP contribution in [-0.2, 0) is 16.2 Å². The highest BCUT2D eigenvalue weighted by atomic mass is 35.5. The first-order chi connectivity index (χ1) is 17.1. The van der Waals surface area contributed by atoms with E-state index in [4.69, 9.17) is 39.5 Å². The van der Waals surface area contributed by atoms with Crippen molar-refractivity contribution in [2.45, 2.75) is 6.61 Å². The van der Waals surface area contributed by atoms with E-state index < -0.39 is 22.8 Å². The molecule has 4 amide bonds. The summed E-state index contributed by atoms with van der Waals surface area (Å²) < 4.78 is 5.68. The summed E-state index contributed by atoms with van der Waals surface area (Å²) in [5.41, 5.74) is 0.833. The van der Waals surface area contributed by atoms with Crippen molar-refractivity contribution in [3.05, 3.63) is 103 Å². The van der Waals surface area contributed by atoms with Crippen LogP contribution in [-0.4, -0.2) is 22.8 Å². The van der Waals surface area contributed by atoms with Crippen LogP contribution in [0.25, 0.3) is 6.08 Å². The number of halogens is 3. The fourth-order valence-electron chi connectivity index (χ4n) is 3.32. The largest absolute Gasteiger partial charge is 0.486 e. The highest BCUT2D eigenvalue weighted by Gasteiger charge is 2.36. The van der Waals surface area contributed by atoms with Gasteiger partial charge in [-0.2, -0.15) is 0 Å². The van der Waals surface area contributed by atoms with Crippen molar-refractivity contribution >= 4 is 70.1 Å². The average molecular weight is 547 g/mol. The molecule has 0 aromatic heterocycles. The lowest BCUT2D eigenvalue weighted by Crippen LogP contribution is -2.54. The van der Waals surface area contributed by atoms with E-state index in [2.05, 4.69) is 5.32 Å². The van der Waals surface area contributed by atoms with Gasteiger partial charge in [-0.15, -0.1) is 0 Å². The quantitative estimate of drug-likeness (QED) is 0.181. The fourth-order valence-corrected chi connectivity index (χ4v) is 4.06. The number of barbiturate groups is 1. The van der Waals surface area contributed by atoms with Gasteiger partial charge in [0.2, 0.25) is 0 Å². The zero-order valence-corrected chi connectivity index (χ0v) is 20.3. The van der Waals surface area contributed by atoms with Gasteiger partial charge in [-0.1, -0.05) is 34.8 Å². The second-order valence-electron chi connectivity index (χ2n) is 7.46. The second-order valence-corrected chi connectivity index (χ2v) is 8.71. The summed E-state index contributed by atoms with van der Waals surface area (Å²) in [6, 6.07) is 13.7. The highest BCUT2D eigenvalue weighted by molar-refractivity contribution is 6.40. The number of nitrogens with one attached hydrogen (secondary N) is 1. The van der Waals surface area contributed by atoms with Crippen LogP contribution >= 0.6 is 34.8 Å². The molecule has 1 fully saturated rings. The monoisotopic (exact) mass is 545 g/mol. The van der Waals surface area contributed by atoms with Gasteiger partial charge in [0.15, 0.2) is 5.75 Å². The molecule has 0 radical (unpaired) electrons. The number of amides is 4. The number of rotatable bonds is 6. The topological polar surface area (TPSA) is 119 Å². The van der Waals surface area contributed by atoms with Crippen molar-refractivity contribution in [2.24, 2.45) is 0 Å². The number of ether oxygens (including phenoxy) is 1. The third-order valence-electron chi connectivity index (χ3n) is 5.05. The maximum atomic E-state index is 13.0. The van der Waals surface area contributed by atoms with E-state index in [-0.39, 0.29) is 39.3 Å². The molecule has 0 unspecified atom stereocenters. The van der Waals surface area contributed by atoms with E-state index in [1.807, 2.05) is 0 Å². The Morgan fingerprint density at radius 3 is 2.14 bits per heavy atom. The summed E-state index contributed by atoms with van der Waals surface area (Å²) in [7, 11) is 0. The lowest BCUT2D eigenvalue weighted by atomic mass is 10.1. The average Bonchev–Trinajstić information content (AvgIpc) is 2.82. The zero-order chi connectivity index (χ0) is 26.0. The molecule has 1 saturated heterocycles. The van der Waals surface area contributed by atoms with Crippen LogP contribution in [0.3, 0.4) is 0 Å². The fraction of sp³-hybridized carbons (Fsp3) is 0.0417. The standard InChI is InChI=1S/C24H14Cl3N3O6/c25-15-3-7-16(8-4-15)29-23(32)18(22(31)28-24(29)33)9-14-10-19(26)21(20(27)11-14)36-12-13-1-5-17(6-2-13)30(34)35/h1-11H,12H2,(H,28,31,33)/b18-9+. The number of hydrogen-bond acceptors (Lipinski definition) is 6. The van der Waals surface area contributed by atoms with Crippen molar-refractivity contribution in [1.82, 2.24) is 5.32 Å². The van der Waals surface area contributed by atoms with E-state index >= 15 is 0 Å². The summed E-state index contributed by atoms with van der Waals surface area (Å²) in [5.74, 6) is -1.56. The summed E-state index contributed by atoms with van der Waals surface area (Å²) in [4.78, 5) is 48.8. The van der Waals surface area contributed by atoms with Crippen molar-refractivity contribution in [2.75, 3.05) is 4.90 Å². The molecular formula is C24H14Cl3N3O6. The van der Waals surface area contributed by atoms with Gasteiger partial charge in [0, 0.05) is 17.2 Å². The Morgan fingerprint density at radius 1 is 0.944 bits per heavy atom. The van der Waals surface area contributed by atoms with E-state index in [0.717, 1.165) is 4.90 Å². The molecule has 0 aliphatic carbocycles. The molecular weight excluding hydrogens is 533 g/mol. The molecule has 9 nitrogen and oxygen atoms in total. The number of carbonyl (C=O) groups is 3. The number of anilines is 1. The lowest BCUT2D eigenvalue weighted by molar-refractivity contribution is -0.384. The maximum absolute atomic E-state index is 13.0. The minimum absolute atomic E-state index is 0.0386. The number of imide groups is 2. The van der Waals surface area contributed by atoms with E-state index in [0.29, 0.717) is 16.1 Å². The van der Waals surface area contributed by atoms with Gasteiger partial charge < -0.3 is 4.74 Å². The molecule has 0 bridgehead atoms.